The number of aliphatic carboxylic acids is 1. The van der Waals surface area contributed by atoms with Crippen molar-refractivity contribution in [2.75, 3.05) is 50.8 Å². The molecule has 4 aliphatic rings. The summed E-state index contributed by atoms with van der Waals surface area (Å²) in [5.41, 5.74) is 29.3. The van der Waals surface area contributed by atoms with Gasteiger partial charge in [-0.25, -0.2) is 9.78 Å². The van der Waals surface area contributed by atoms with Gasteiger partial charge in [0.2, 0.25) is 53.2 Å². The summed E-state index contributed by atoms with van der Waals surface area (Å²) in [7, 11) is 0. The first-order valence-electron chi connectivity index (χ1n) is 37.1. The Balaban J connectivity index is 1.36. The fourth-order valence-corrected chi connectivity index (χ4v) is 14.9. The highest BCUT2D eigenvalue weighted by Gasteiger charge is 2.43. The van der Waals surface area contributed by atoms with Crippen molar-refractivity contribution in [1.29, 1.82) is 0 Å². The first-order chi connectivity index (χ1) is 50.7. The van der Waals surface area contributed by atoms with Crippen LogP contribution >= 0.6 is 11.8 Å². The molecule has 1 saturated carbocycles. The number of carbonyl (C=O) groups is 14. The fraction of sp³-hybridized carbons (Fsp3) is 0.653. The zero-order chi connectivity index (χ0) is 77.4. The summed E-state index contributed by atoms with van der Waals surface area (Å²) in [6.45, 7) is 5.66. The summed E-state index contributed by atoms with van der Waals surface area (Å²) in [5.74, 6) is -15.1. The molecule has 0 radical (unpaired) electrons. The Bertz CT molecular complexity index is 3410. The topological polar surface area (TPSA) is 533 Å². The molecular formula is C72H110N18O15S. The Morgan fingerprint density at radius 1 is 0.726 bits per heavy atom. The van der Waals surface area contributed by atoms with Gasteiger partial charge in [0.25, 0.3) is 0 Å². The largest absolute Gasteiger partial charge is 0.480 e. The van der Waals surface area contributed by atoms with Crippen LogP contribution < -0.4 is 65.9 Å². The quantitative estimate of drug-likeness (QED) is 0.0241. The summed E-state index contributed by atoms with van der Waals surface area (Å²) < 4.78 is 0. The molecule has 4 fully saturated rings. The fourth-order valence-electron chi connectivity index (χ4n) is 13.8. The Hall–Kier alpha value is -9.34. The van der Waals surface area contributed by atoms with Crippen molar-refractivity contribution in [1.82, 2.24) is 57.0 Å². The molecule has 1 aromatic carbocycles. The van der Waals surface area contributed by atoms with Crippen LogP contribution in [-0.2, 0) is 80.0 Å². The van der Waals surface area contributed by atoms with Gasteiger partial charge in [0.1, 0.15) is 36.0 Å². The molecule has 4 heterocycles. The number of aromatic amines is 1. The van der Waals surface area contributed by atoms with Crippen LogP contribution in [0.1, 0.15) is 167 Å². The second kappa shape index (κ2) is 43.9. The van der Waals surface area contributed by atoms with Crippen molar-refractivity contribution in [2.45, 2.75) is 217 Å². The Kier molecular flexibility index (Phi) is 35.5. The van der Waals surface area contributed by atoms with Crippen molar-refractivity contribution < 1.29 is 72.2 Å². The lowest BCUT2D eigenvalue weighted by atomic mass is 9.88. The van der Waals surface area contributed by atoms with Crippen LogP contribution in [0.5, 0.6) is 0 Å². The Morgan fingerprint density at radius 2 is 1.40 bits per heavy atom. The monoisotopic (exact) mass is 1500 g/mol. The van der Waals surface area contributed by atoms with Crippen LogP contribution in [-0.4, -0.2) is 218 Å². The molecule has 33 nitrogen and oxygen atoms in total. The number of benzene rings is 1. The second-order valence-corrected chi connectivity index (χ2v) is 29.5. The number of likely N-dealkylation sites (tertiary alicyclic amines) is 1. The normalized spacial score (nSPS) is 22.7. The summed E-state index contributed by atoms with van der Waals surface area (Å²) >= 11 is 0.918. The third kappa shape index (κ3) is 27.9. The van der Waals surface area contributed by atoms with E-state index in [-0.39, 0.29) is 158 Å². The van der Waals surface area contributed by atoms with Crippen molar-refractivity contribution >= 4 is 106 Å². The summed E-state index contributed by atoms with van der Waals surface area (Å²) in [6.07, 6.45) is 5.52. The number of thioether (sulfide) groups is 1. The number of fused-ring (bicyclic) bond motifs is 1. The van der Waals surface area contributed by atoms with Crippen LogP contribution in [0.2, 0.25) is 0 Å². The number of aliphatic imine (C=N–C) groups is 2. The van der Waals surface area contributed by atoms with Gasteiger partial charge in [-0.1, -0.05) is 63.9 Å². The standard InChI is InChI=1S/C72H110N18O15S/c1-4-5-17-44-34-60(94)56-21-13-28-89(56)61(95)38-81-66(100)51(18-9-10-25-73)84-65(99)47(32-48-37-78-41-82-48)36-59(93)54(39-106-40-55(88-62(44)96)67(101)86-53(70(104)105)31-43-15-7-6-8-16-43)87-64(98)46(30-42(2)3)35-58(92)50(19-11-26-79-71(74)75)83-68(102)57-22-14-29-90(57)69(103)52(20-12-27-80-72(76)77)85-63(97)45-23-24-49(91)33-45/h6-8,15-16,37,41-42,44-47,50-57H,4-5,9-14,17-36,38-40,73H2,1-3H3,(H,78,82)(H,81,100)(H,83,102)(H,84,99)(H,85,97)(H,86,101)(H,87,98)(H,88,96)(H,104,105)(H4,74,75,79)(H4,76,77,80)/t44-,45-,46-,47-,50+,51+,52+,53+,54+,55+,56+,57+/m1/s1. The summed E-state index contributed by atoms with van der Waals surface area (Å²) in [5, 5.41) is 29.8. The molecule has 584 valence electrons. The van der Waals surface area contributed by atoms with E-state index < -0.39 is 168 Å². The van der Waals surface area contributed by atoms with E-state index in [0.717, 1.165) is 11.8 Å². The van der Waals surface area contributed by atoms with Gasteiger partial charge >= 0.3 is 5.97 Å². The zero-order valence-electron chi connectivity index (χ0n) is 61.2. The number of carbonyl (C=O) groups excluding carboxylic acids is 13. The lowest BCUT2D eigenvalue weighted by Gasteiger charge is -2.30. The van der Waals surface area contributed by atoms with E-state index in [4.69, 9.17) is 28.7 Å². The number of rotatable bonds is 34. The predicted octanol–water partition coefficient (Wildman–Crippen LogP) is -0.399. The molecule has 12 atom stereocenters. The number of nitrogens with two attached hydrogens (primary N) is 5. The lowest BCUT2D eigenvalue weighted by molar-refractivity contribution is -0.142. The SMILES string of the molecule is CCCC[C@@H]1CC(=O)[C@@H]2CCCN2C(=O)CNC(=O)[C@H](CCCCN)NC(=O)[C@H](Cc2cnc[nH]2)CC(=O)[C@@H](NC(=O)[C@@H](CC(=O)[C@H](CCCN=C(N)N)NC(=O)[C@@H]2CCCN2C(=O)[C@H](CCCN=C(N)N)NC(=O)[C@@H]2CCC(=O)C2)CC(C)C)CSC[C@@H](C(=O)N[C@@H](Cc2ccccc2)C(=O)O)NC1=O. The summed E-state index contributed by atoms with van der Waals surface area (Å²) in [6, 6.07) is -1.84. The van der Waals surface area contributed by atoms with E-state index in [1.54, 1.807) is 44.2 Å². The van der Waals surface area contributed by atoms with Crippen molar-refractivity contribution in [2.24, 2.45) is 68.2 Å². The maximum atomic E-state index is 15.4. The van der Waals surface area contributed by atoms with Gasteiger partial charge in [0.15, 0.2) is 29.3 Å². The molecular weight excluding hydrogens is 1390 g/mol. The number of hydrogen-bond acceptors (Lipinski definition) is 19. The maximum absolute atomic E-state index is 15.4. The van der Waals surface area contributed by atoms with Crippen LogP contribution in [0.3, 0.4) is 0 Å². The third-order valence-corrected chi connectivity index (χ3v) is 20.7. The van der Waals surface area contributed by atoms with Crippen molar-refractivity contribution in [3.8, 4) is 0 Å². The van der Waals surface area contributed by atoms with Gasteiger partial charge in [-0.3, -0.25) is 72.3 Å². The zero-order valence-corrected chi connectivity index (χ0v) is 62.0. The van der Waals surface area contributed by atoms with Gasteiger partial charge in [-0.2, -0.15) is 11.8 Å². The first-order valence-corrected chi connectivity index (χ1v) is 38.2. The van der Waals surface area contributed by atoms with E-state index >= 15 is 14.4 Å². The number of nitrogens with zero attached hydrogens (tertiary/aromatic N) is 5. The van der Waals surface area contributed by atoms with Gasteiger partial charge in [-0.15, -0.1) is 0 Å². The number of imidazole rings is 1. The molecule has 2 aromatic rings. The number of H-pyrrole nitrogens is 1. The molecule has 0 bridgehead atoms. The average molecular weight is 1500 g/mol. The highest BCUT2D eigenvalue weighted by molar-refractivity contribution is 7.99. The molecule has 3 saturated heterocycles. The number of unbranched alkanes of at least 4 members (excludes halogenated alkanes) is 2. The number of Topliss-reactive ketones (excluding diaryl/α,β-unsaturated/α-hetero) is 4. The minimum atomic E-state index is -1.54. The van der Waals surface area contributed by atoms with Gasteiger partial charge < -0.3 is 85.8 Å². The van der Waals surface area contributed by atoms with Crippen molar-refractivity contribution in [3.63, 3.8) is 0 Å². The second-order valence-electron chi connectivity index (χ2n) is 28.4. The molecule has 3 aliphatic heterocycles. The van der Waals surface area contributed by atoms with Gasteiger partial charge in [0.05, 0.1) is 36.9 Å². The van der Waals surface area contributed by atoms with Crippen LogP contribution in [0, 0.1) is 29.6 Å². The average Bonchev–Trinajstić information content (AvgIpc) is 1.62. The van der Waals surface area contributed by atoms with E-state index in [1.165, 1.54) is 22.3 Å². The number of guanidine groups is 2. The number of carboxylic acids is 1. The van der Waals surface area contributed by atoms with Crippen LogP contribution in [0.25, 0.3) is 0 Å². The van der Waals surface area contributed by atoms with E-state index in [1.807, 2.05) is 6.92 Å². The molecule has 34 heteroatoms. The molecule has 1 aromatic heterocycles. The molecule has 9 amide bonds. The van der Waals surface area contributed by atoms with Crippen LogP contribution in [0.4, 0.5) is 0 Å². The first kappa shape index (κ1) is 85.6. The maximum Gasteiger partial charge on any atom is 0.326 e. The molecule has 6 rings (SSSR count). The predicted molar refractivity (Wildman–Crippen MR) is 395 cm³/mol. The number of carboxylic acid groups (broad SMARTS) is 1. The molecule has 106 heavy (non-hydrogen) atoms. The molecule has 0 unspecified atom stereocenters. The number of ketones is 4. The third-order valence-electron chi connectivity index (χ3n) is 19.5. The smallest absolute Gasteiger partial charge is 0.326 e. The van der Waals surface area contributed by atoms with E-state index in [0.29, 0.717) is 56.2 Å². The molecule has 19 N–H and O–H groups in total. The number of aromatic nitrogens is 2. The number of amides is 9. The lowest BCUT2D eigenvalue weighted by Crippen LogP contribution is -2.56. The minimum Gasteiger partial charge on any atom is -0.480 e. The van der Waals surface area contributed by atoms with Crippen molar-refractivity contribution in [3.05, 3.63) is 54.1 Å². The van der Waals surface area contributed by atoms with E-state index in [9.17, 15) is 57.8 Å². The highest BCUT2D eigenvalue weighted by Crippen LogP contribution is 2.28. The highest BCUT2D eigenvalue weighted by atomic mass is 32.2. The number of hydrogen-bond donors (Lipinski definition) is 14. The Labute approximate surface area is 622 Å². The van der Waals surface area contributed by atoms with Gasteiger partial charge in [0, 0.05) is 112 Å². The van der Waals surface area contributed by atoms with E-state index in [2.05, 4.69) is 57.2 Å². The van der Waals surface area contributed by atoms with Gasteiger partial charge in [-0.05, 0) is 108 Å². The van der Waals surface area contributed by atoms with Crippen LogP contribution in [0.15, 0.2) is 52.8 Å². The number of nitrogens with one attached hydrogen (secondary N) is 8. The Morgan fingerprint density at radius 3 is 2.04 bits per heavy atom. The minimum absolute atomic E-state index is 0.0248. The summed E-state index contributed by atoms with van der Waals surface area (Å²) in [4.78, 5) is 218. The molecule has 0 spiro atoms. The molecule has 1 aliphatic carbocycles.